The highest BCUT2D eigenvalue weighted by molar-refractivity contribution is 5.96. The average molecular weight is 384 g/mol. The molecule has 2 heteroatoms. The molecule has 0 aliphatic heterocycles. The zero-order valence-corrected chi connectivity index (χ0v) is 16.9. The molecule has 4 rings (SSSR count). The maximum absolute atomic E-state index is 12.5. The normalized spacial score (nSPS) is 14.5. The molecule has 1 fully saturated rings. The Labute approximate surface area is 174 Å². The van der Waals surface area contributed by atoms with Crippen LogP contribution in [0.25, 0.3) is 11.1 Å². The van der Waals surface area contributed by atoms with Crippen LogP contribution in [0.5, 0.6) is 0 Å². The van der Waals surface area contributed by atoms with Gasteiger partial charge in [0.05, 0.1) is 0 Å². The van der Waals surface area contributed by atoms with Gasteiger partial charge >= 0.3 is 0 Å². The molecule has 0 heterocycles. The van der Waals surface area contributed by atoms with Crippen molar-refractivity contribution in [3.8, 4) is 11.1 Å². The first-order valence-electron chi connectivity index (χ1n) is 10.8. The summed E-state index contributed by atoms with van der Waals surface area (Å²) in [6.45, 7) is 0.655. The Morgan fingerprint density at radius 3 is 2.10 bits per heavy atom. The van der Waals surface area contributed by atoms with Crippen LogP contribution in [0.4, 0.5) is 5.69 Å². The third kappa shape index (κ3) is 5.14. The SMILES string of the molecule is O=C(CCNc1ccc(C2CCCCC2)cc1)c1ccc(-c2ccccc2)cc1. The van der Waals surface area contributed by atoms with Crippen LogP contribution in [-0.2, 0) is 0 Å². The van der Waals surface area contributed by atoms with E-state index in [1.807, 2.05) is 42.5 Å². The second-order valence-corrected chi connectivity index (χ2v) is 8.00. The van der Waals surface area contributed by atoms with Crippen molar-refractivity contribution in [1.29, 1.82) is 0 Å². The summed E-state index contributed by atoms with van der Waals surface area (Å²) in [5, 5.41) is 3.39. The van der Waals surface area contributed by atoms with E-state index >= 15 is 0 Å². The summed E-state index contributed by atoms with van der Waals surface area (Å²) in [6, 6.07) is 27.0. The summed E-state index contributed by atoms with van der Waals surface area (Å²) < 4.78 is 0. The zero-order valence-electron chi connectivity index (χ0n) is 16.9. The lowest BCUT2D eigenvalue weighted by Gasteiger charge is -2.22. The Hall–Kier alpha value is -2.87. The van der Waals surface area contributed by atoms with Gasteiger partial charge in [-0.1, -0.05) is 86.0 Å². The van der Waals surface area contributed by atoms with Crippen LogP contribution >= 0.6 is 0 Å². The standard InChI is InChI=1S/C27H29NO/c29-27(25-13-11-23(12-14-25)21-7-3-1-4-8-21)19-20-28-26-17-15-24(16-18-26)22-9-5-2-6-10-22/h1,3-4,7-8,11-18,22,28H,2,5-6,9-10,19-20H2. The van der Waals surface area contributed by atoms with E-state index < -0.39 is 0 Å². The van der Waals surface area contributed by atoms with Gasteiger partial charge in [0.15, 0.2) is 5.78 Å². The van der Waals surface area contributed by atoms with Crippen LogP contribution in [0.2, 0.25) is 0 Å². The average Bonchev–Trinajstić information content (AvgIpc) is 2.81. The third-order valence-corrected chi connectivity index (χ3v) is 5.98. The number of nitrogens with one attached hydrogen (secondary N) is 1. The summed E-state index contributed by atoms with van der Waals surface area (Å²) >= 11 is 0. The van der Waals surface area contributed by atoms with Crippen molar-refractivity contribution in [2.24, 2.45) is 0 Å². The van der Waals surface area contributed by atoms with Crippen LogP contribution in [0, 0.1) is 0 Å². The Morgan fingerprint density at radius 2 is 1.41 bits per heavy atom. The fraction of sp³-hybridized carbons (Fsp3) is 0.296. The number of carbonyl (C=O) groups is 1. The summed E-state index contributed by atoms with van der Waals surface area (Å²) in [7, 11) is 0. The molecule has 1 N–H and O–H groups in total. The van der Waals surface area contributed by atoms with E-state index in [0.29, 0.717) is 13.0 Å². The molecule has 0 aromatic heterocycles. The Balaban J connectivity index is 1.27. The second-order valence-electron chi connectivity index (χ2n) is 8.00. The fourth-order valence-electron chi connectivity index (χ4n) is 4.25. The largest absolute Gasteiger partial charge is 0.385 e. The Bertz CT molecular complexity index is 907. The number of hydrogen-bond donors (Lipinski definition) is 1. The maximum atomic E-state index is 12.5. The van der Waals surface area contributed by atoms with Gasteiger partial charge in [0.1, 0.15) is 0 Å². The maximum Gasteiger partial charge on any atom is 0.164 e. The Kier molecular flexibility index (Phi) is 6.41. The first-order chi connectivity index (χ1) is 14.3. The number of ketones is 1. The zero-order chi connectivity index (χ0) is 19.9. The highest BCUT2D eigenvalue weighted by Crippen LogP contribution is 2.33. The van der Waals surface area contributed by atoms with E-state index in [-0.39, 0.29) is 5.78 Å². The molecule has 0 bridgehead atoms. The van der Waals surface area contributed by atoms with E-state index in [0.717, 1.165) is 22.7 Å². The first-order valence-corrected chi connectivity index (χ1v) is 10.8. The van der Waals surface area contributed by atoms with Gasteiger partial charge in [0, 0.05) is 24.2 Å². The number of benzene rings is 3. The van der Waals surface area contributed by atoms with Gasteiger partial charge in [0.25, 0.3) is 0 Å². The quantitative estimate of drug-likeness (QED) is 0.441. The number of carbonyl (C=O) groups excluding carboxylic acids is 1. The van der Waals surface area contributed by atoms with E-state index in [1.165, 1.54) is 43.2 Å². The number of hydrogen-bond acceptors (Lipinski definition) is 2. The Morgan fingerprint density at radius 1 is 0.759 bits per heavy atom. The lowest BCUT2D eigenvalue weighted by molar-refractivity contribution is 0.0986. The van der Waals surface area contributed by atoms with Crippen LogP contribution < -0.4 is 5.32 Å². The summed E-state index contributed by atoms with van der Waals surface area (Å²) in [5.74, 6) is 0.911. The third-order valence-electron chi connectivity index (χ3n) is 5.98. The molecule has 0 spiro atoms. The van der Waals surface area contributed by atoms with Crippen LogP contribution in [0.15, 0.2) is 78.9 Å². The van der Waals surface area contributed by atoms with Crippen molar-refractivity contribution >= 4 is 11.5 Å². The highest BCUT2D eigenvalue weighted by atomic mass is 16.1. The highest BCUT2D eigenvalue weighted by Gasteiger charge is 2.15. The van der Waals surface area contributed by atoms with Crippen molar-refractivity contribution in [3.05, 3.63) is 90.0 Å². The van der Waals surface area contributed by atoms with Gasteiger partial charge in [-0.2, -0.15) is 0 Å². The molecular formula is C27H29NO. The minimum absolute atomic E-state index is 0.177. The summed E-state index contributed by atoms with van der Waals surface area (Å²) in [6.07, 6.45) is 7.25. The molecule has 29 heavy (non-hydrogen) atoms. The molecule has 0 saturated heterocycles. The van der Waals surface area contributed by atoms with Gasteiger partial charge in [-0.05, 0) is 47.6 Å². The number of rotatable bonds is 7. The predicted molar refractivity (Wildman–Crippen MR) is 122 cm³/mol. The molecule has 3 aromatic carbocycles. The van der Waals surface area contributed by atoms with Gasteiger partial charge in [-0.25, -0.2) is 0 Å². The van der Waals surface area contributed by atoms with E-state index in [2.05, 4.69) is 41.7 Å². The van der Waals surface area contributed by atoms with Crippen molar-refractivity contribution in [1.82, 2.24) is 0 Å². The van der Waals surface area contributed by atoms with Gasteiger partial charge in [-0.15, -0.1) is 0 Å². The van der Waals surface area contributed by atoms with Gasteiger partial charge in [-0.3, -0.25) is 4.79 Å². The van der Waals surface area contributed by atoms with Crippen LogP contribution in [-0.4, -0.2) is 12.3 Å². The summed E-state index contributed by atoms with van der Waals surface area (Å²) in [5.41, 5.74) is 5.64. The monoisotopic (exact) mass is 383 g/mol. The van der Waals surface area contributed by atoms with E-state index in [9.17, 15) is 4.79 Å². The fourth-order valence-corrected chi connectivity index (χ4v) is 4.25. The topological polar surface area (TPSA) is 29.1 Å². The van der Waals surface area contributed by atoms with Crippen molar-refractivity contribution in [2.75, 3.05) is 11.9 Å². The minimum Gasteiger partial charge on any atom is -0.385 e. The van der Waals surface area contributed by atoms with Crippen molar-refractivity contribution in [3.63, 3.8) is 0 Å². The molecule has 3 aromatic rings. The van der Waals surface area contributed by atoms with Crippen LogP contribution in [0.3, 0.4) is 0 Å². The van der Waals surface area contributed by atoms with Gasteiger partial charge < -0.3 is 5.32 Å². The molecular weight excluding hydrogens is 354 g/mol. The summed E-state index contributed by atoms with van der Waals surface area (Å²) in [4.78, 5) is 12.5. The molecule has 148 valence electrons. The van der Waals surface area contributed by atoms with Crippen molar-refractivity contribution in [2.45, 2.75) is 44.4 Å². The molecule has 1 aliphatic rings. The molecule has 1 saturated carbocycles. The molecule has 0 atom stereocenters. The predicted octanol–water partition coefficient (Wildman–Crippen LogP) is 7.09. The number of Topliss-reactive ketones (excluding diaryl/α,β-unsaturated/α-hetero) is 1. The van der Waals surface area contributed by atoms with E-state index in [4.69, 9.17) is 0 Å². The van der Waals surface area contributed by atoms with Gasteiger partial charge in [0.2, 0.25) is 0 Å². The second kappa shape index (κ2) is 9.56. The van der Waals surface area contributed by atoms with Crippen LogP contribution in [0.1, 0.15) is 60.4 Å². The van der Waals surface area contributed by atoms with Crippen molar-refractivity contribution < 1.29 is 4.79 Å². The first kappa shape index (κ1) is 19.4. The smallest absolute Gasteiger partial charge is 0.164 e. The number of anilines is 1. The molecule has 0 radical (unpaired) electrons. The van der Waals surface area contributed by atoms with E-state index in [1.54, 1.807) is 0 Å². The molecule has 0 amide bonds. The minimum atomic E-state index is 0.177. The molecule has 1 aliphatic carbocycles. The molecule has 0 unspecified atom stereocenters. The molecule has 2 nitrogen and oxygen atoms in total. The lowest BCUT2D eigenvalue weighted by atomic mass is 9.84. The lowest BCUT2D eigenvalue weighted by Crippen LogP contribution is -2.09.